The summed E-state index contributed by atoms with van der Waals surface area (Å²) in [7, 11) is 3.24. The highest BCUT2D eigenvalue weighted by atomic mass is 16.5. The summed E-state index contributed by atoms with van der Waals surface area (Å²) in [6.07, 6.45) is -0.385. The molecule has 0 saturated carbocycles. The van der Waals surface area contributed by atoms with Gasteiger partial charge in [-0.25, -0.2) is 4.79 Å². The van der Waals surface area contributed by atoms with Gasteiger partial charge in [0.1, 0.15) is 11.9 Å². The number of nitrogens with zero attached hydrogens (tertiary/aromatic N) is 2. The molecule has 1 heterocycles. The summed E-state index contributed by atoms with van der Waals surface area (Å²) >= 11 is 0. The number of ether oxygens (including phenoxy) is 2. The zero-order chi connectivity index (χ0) is 30.2. The maximum absolute atomic E-state index is 13.7. The third-order valence-corrected chi connectivity index (χ3v) is 7.31. The van der Waals surface area contributed by atoms with Crippen molar-refractivity contribution in [3.05, 3.63) is 83.9 Å². The molecule has 0 aromatic heterocycles. The van der Waals surface area contributed by atoms with Crippen LogP contribution in [0.1, 0.15) is 29.8 Å². The molecule has 42 heavy (non-hydrogen) atoms. The Balaban J connectivity index is 1.60. The number of rotatable bonds is 9. The number of fused-ring (bicyclic) bond motifs is 1. The molecule has 3 atom stereocenters. The fraction of sp³-hybridized carbons (Fsp3) is 0.344. The van der Waals surface area contributed by atoms with E-state index in [4.69, 9.17) is 9.47 Å². The molecule has 10 nitrogen and oxygen atoms in total. The first-order valence-corrected chi connectivity index (χ1v) is 13.9. The van der Waals surface area contributed by atoms with Crippen molar-refractivity contribution in [3.8, 4) is 11.5 Å². The average molecular weight is 575 g/mol. The first kappa shape index (κ1) is 30.4. The molecule has 3 unspecified atom stereocenters. The third kappa shape index (κ3) is 7.38. The number of hydrogen-bond donors (Lipinski definition) is 3. The summed E-state index contributed by atoms with van der Waals surface area (Å²) in [5, 5.41) is 15.7. The lowest BCUT2D eigenvalue weighted by atomic mass is 9.99. The minimum atomic E-state index is -0.538. The lowest BCUT2D eigenvalue weighted by molar-refractivity contribution is -0.115. The zero-order valence-electron chi connectivity index (χ0n) is 24.4. The number of likely N-dealkylation sites (N-methyl/N-ethyl adjacent to an activating group) is 1. The predicted molar refractivity (Wildman–Crippen MR) is 161 cm³/mol. The van der Waals surface area contributed by atoms with Crippen LogP contribution in [0.15, 0.2) is 72.8 Å². The summed E-state index contributed by atoms with van der Waals surface area (Å²) in [5.41, 5.74) is 2.10. The van der Waals surface area contributed by atoms with Gasteiger partial charge in [-0.3, -0.25) is 9.59 Å². The predicted octanol–water partition coefficient (Wildman–Crippen LogP) is 4.26. The number of carbonyl (C=O) groups is 3. The SMILES string of the molecule is COc1ccc(NC(=O)N(C)CC2Oc3c(NC(=O)Cc4ccccc4)cccc3C(=O)N(C(C)CO)CC2C)cc1. The molecule has 10 heteroatoms. The fourth-order valence-electron chi connectivity index (χ4n) is 4.78. The molecule has 0 saturated heterocycles. The minimum Gasteiger partial charge on any atom is -0.497 e. The van der Waals surface area contributed by atoms with Crippen LogP contribution < -0.4 is 20.1 Å². The Morgan fingerprint density at radius 3 is 2.45 bits per heavy atom. The number of anilines is 2. The van der Waals surface area contributed by atoms with Gasteiger partial charge in [-0.1, -0.05) is 43.3 Å². The second-order valence-corrected chi connectivity index (χ2v) is 10.6. The van der Waals surface area contributed by atoms with Crippen LogP contribution in [-0.2, 0) is 11.2 Å². The number of nitrogens with one attached hydrogen (secondary N) is 2. The number of urea groups is 1. The van der Waals surface area contributed by atoms with Crippen molar-refractivity contribution in [2.75, 3.05) is 44.5 Å². The standard InChI is InChI=1S/C32H38N4O6/c1-21-18-36(22(2)20-37)31(39)26-11-8-12-27(34-29(38)17-23-9-6-5-7-10-23)30(26)42-28(21)19-35(3)32(40)33-24-13-15-25(41-4)16-14-24/h5-16,21-22,28,37H,17-20H2,1-4H3,(H,33,40)(H,34,38). The third-order valence-electron chi connectivity index (χ3n) is 7.31. The first-order valence-electron chi connectivity index (χ1n) is 13.9. The van der Waals surface area contributed by atoms with Crippen LogP contribution in [0.5, 0.6) is 11.5 Å². The summed E-state index contributed by atoms with van der Waals surface area (Å²) in [6.45, 7) is 4.01. The van der Waals surface area contributed by atoms with Crippen LogP contribution in [0.2, 0.25) is 0 Å². The number of aliphatic hydroxyl groups is 1. The number of carbonyl (C=O) groups excluding carboxylic acids is 3. The first-order chi connectivity index (χ1) is 20.2. The Bertz CT molecular complexity index is 1380. The van der Waals surface area contributed by atoms with Crippen molar-refractivity contribution >= 4 is 29.2 Å². The van der Waals surface area contributed by atoms with Crippen molar-refractivity contribution in [3.63, 3.8) is 0 Å². The van der Waals surface area contributed by atoms with E-state index in [1.165, 1.54) is 4.90 Å². The van der Waals surface area contributed by atoms with Crippen molar-refractivity contribution in [2.45, 2.75) is 32.4 Å². The molecule has 3 N–H and O–H groups in total. The smallest absolute Gasteiger partial charge is 0.321 e. The quantitative estimate of drug-likeness (QED) is 0.351. The maximum Gasteiger partial charge on any atom is 0.321 e. The van der Waals surface area contributed by atoms with Gasteiger partial charge in [-0.2, -0.15) is 0 Å². The largest absolute Gasteiger partial charge is 0.497 e. The molecule has 0 radical (unpaired) electrons. The van der Waals surface area contributed by atoms with Crippen LogP contribution in [0.3, 0.4) is 0 Å². The van der Waals surface area contributed by atoms with Crippen LogP contribution in [0, 0.1) is 5.92 Å². The van der Waals surface area contributed by atoms with Gasteiger partial charge in [0.15, 0.2) is 5.75 Å². The minimum absolute atomic E-state index is 0.153. The molecule has 1 aliphatic rings. The molecule has 0 bridgehead atoms. The van der Waals surface area contributed by atoms with E-state index in [0.717, 1.165) is 5.56 Å². The lowest BCUT2D eigenvalue weighted by Crippen LogP contribution is -2.50. The van der Waals surface area contributed by atoms with E-state index in [1.54, 1.807) is 68.4 Å². The molecule has 0 spiro atoms. The number of benzene rings is 3. The number of aliphatic hydroxyl groups excluding tert-OH is 1. The van der Waals surface area contributed by atoms with Crippen LogP contribution in [-0.4, -0.2) is 78.8 Å². The monoisotopic (exact) mass is 574 g/mol. The number of para-hydroxylation sites is 1. The molecule has 0 aliphatic carbocycles. The van der Waals surface area contributed by atoms with Crippen LogP contribution in [0.4, 0.5) is 16.2 Å². The van der Waals surface area contributed by atoms with Gasteiger partial charge in [0.2, 0.25) is 5.91 Å². The zero-order valence-corrected chi connectivity index (χ0v) is 24.4. The Kier molecular flexibility index (Phi) is 10.0. The van der Waals surface area contributed by atoms with Gasteiger partial charge in [-0.05, 0) is 48.9 Å². The van der Waals surface area contributed by atoms with Crippen molar-refractivity contribution < 1.29 is 29.0 Å². The Morgan fingerprint density at radius 1 is 1.07 bits per heavy atom. The highest BCUT2D eigenvalue weighted by Gasteiger charge is 2.35. The molecule has 222 valence electrons. The molecule has 4 amide bonds. The molecule has 3 aromatic carbocycles. The van der Waals surface area contributed by atoms with E-state index in [0.29, 0.717) is 23.7 Å². The number of methoxy groups -OCH3 is 1. The summed E-state index contributed by atoms with van der Waals surface area (Å²) in [4.78, 5) is 42.9. The topological polar surface area (TPSA) is 120 Å². The van der Waals surface area contributed by atoms with Gasteiger partial charge < -0.3 is 35.0 Å². The highest BCUT2D eigenvalue weighted by molar-refractivity contribution is 6.02. The van der Waals surface area contributed by atoms with Crippen LogP contribution in [0.25, 0.3) is 0 Å². The Hall–Kier alpha value is -4.57. The second kappa shape index (κ2) is 13.9. The summed E-state index contributed by atoms with van der Waals surface area (Å²) < 4.78 is 11.7. The summed E-state index contributed by atoms with van der Waals surface area (Å²) in [6, 6.07) is 20.6. The van der Waals surface area contributed by atoms with E-state index < -0.39 is 12.1 Å². The summed E-state index contributed by atoms with van der Waals surface area (Å²) in [5.74, 6) is 0.134. The van der Waals surface area contributed by atoms with Gasteiger partial charge in [0.25, 0.3) is 5.91 Å². The van der Waals surface area contributed by atoms with E-state index in [2.05, 4.69) is 10.6 Å². The van der Waals surface area contributed by atoms with E-state index in [1.807, 2.05) is 37.3 Å². The normalized spacial score (nSPS) is 17.2. The van der Waals surface area contributed by atoms with Gasteiger partial charge in [-0.15, -0.1) is 0 Å². The van der Waals surface area contributed by atoms with E-state index in [-0.39, 0.29) is 54.6 Å². The van der Waals surface area contributed by atoms with Crippen LogP contribution >= 0.6 is 0 Å². The molecule has 0 fully saturated rings. The maximum atomic E-state index is 13.7. The van der Waals surface area contributed by atoms with Gasteiger partial charge in [0, 0.05) is 25.2 Å². The molecular weight excluding hydrogens is 536 g/mol. The molecular formula is C32H38N4O6. The van der Waals surface area contributed by atoms with E-state index >= 15 is 0 Å². The lowest BCUT2D eigenvalue weighted by Gasteiger charge is -2.38. The van der Waals surface area contributed by atoms with Gasteiger partial charge >= 0.3 is 6.03 Å². The molecule has 1 aliphatic heterocycles. The second-order valence-electron chi connectivity index (χ2n) is 10.6. The van der Waals surface area contributed by atoms with Crippen molar-refractivity contribution in [1.82, 2.24) is 9.80 Å². The van der Waals surface area contributed by atoms with Crippen molar-refractivity contribution in [1.29, 1.82) is 0 Å². The molecule has 4 rings (SSSR count). The molecule has 3 aromatic rings. The van der Waals surface area contributed by atoms with Crippen molar-refractivity contribution in [2.24, 2.45) is 5.92 Å². The average Bonchev–Trinajstić information content (AvgIpc) is 2.99. The number of amides is 4. The number of hydrogen-bond acceptors (Lipinski definition) is 6. The fourth-order valence-corrected chi connectivity index (χ4v) is 4.78. The highest BCUT2D eigenvalue weighted by Crippen LogP contribution is 2.35. The Morgan fingerprint density at radius 2 is 1.79 bits per heavy atom. The van der Waals surface area contributed by atoms with E-state index in [9.17, 15) is 19.5 Å². The van der Waals surface area contributed by atoms with Gasteiger partial charge in [0.05, 0.1) is 44.0 Å². The Labute approximate surface area is 246 Å².